The zero-order valence-corrected chi connectivity index (χ0v) is 14.5. The summed E-state index contributed by atoms with van der Waals surface area (Å²) >= 11 is 6.04. The summed E-state index contributed by atoms with van der Waals surface area (Å²) in [7, 11) is 0. The Kier molecular flexibility index (Phi) is 6.38. The molecule has 0 bridgehead atoms. The predicted octanol–water partition coefficient (Wildman–Crippen LogP) is 3.44. The van der Waals surface area contributed by atoms with E-state index in [1.165, 1.54) is 0 Å². The molecule has 0 aliphatic carbocycles. The van der Waals surface area contributed by atoms with E-state index < -0.39 is 12.1 Å². The third kappa shape index (κ3) is 5.10. The molecule has 2 aromatic carbocycles. The lowest BCUT2D eigenvalue weighted by Gasteiger charge is -2.14. The number of esters is 1. The van der Waals surface area contributed by atoms with Crippen LogP contribution in [-0.2, 0) is 27.3 Å². The Morgan fingerprint density at radius 2 is 1.71 bits per heavy atom. The third-order valence-corrected chi connectivity index (χ3v) is 4.05. The molecule has 5 heteroatoms. The van der Waals surface area contributed by atoms with E-state index in [-0.39, 0.29) is 18.9 Å². The second kappa shape index (κ2) is 8.50. The van der Waals surface area contributed by atoms with Crippen LogP contribution in [0.15, 0.2) is 48.5 Å². The molecule has 0 saturated carbocycles. The molecule has 0 saturated heterocycles. The molecule has 0 heterocycles. The second-order valence-electron chi connectivity index (χ2n) is 5.54. The first-order valence-corrected chi connectivity index (χ1v) is 8.10. The van der Waals surface area contributed by atoms with Crippen LogP contribution in [0.4, 0.5) is 0 Å². The fourth-order valence-corrected chi connectivity index (χ4v) is 2.43. The Morgan fingerprint density at radius 1 is 1.08 bits per heavy atom. The summed E-state index contributed by atoms with van der Waals surface area (Å²) in [6.45, 7) is 3.78. The average Bonchev–Trinajstić information content (AvgIpc) is 2.56. The van der Waals surface area contributed by atoms with Crippen LogP contribution in [0.25, 0.3) is 0 Å². The smallest absolute Gasteiger partial charge is 0.311 e. The zero-order chi connectivity index (χ0) is 17.5. The topological polar surface area (TPSA) is 55.4 Å². The molecular weight excluding hydrogens is 326 g/mol. The summed E-state index contributed by atoms with van der Waals surface area (Å²) in [6.07, 6.45) is -0.710. The van der Waals surface area contributed by atoms with E-state index in [9.17, 15) is 9.59 Å². The highest BCUT2D eigenvalue weighted by Crippen LogP contribution is 2.14. The van der Waals surface area contributed by atoms with Gasteiger partial charge in [-0.3, -0.25) is 9.59 Å². The van der Waals surface area contributed by atoms with E-state index in [0.717, 1.165) is 16.7 Å². The standard InChI is InChI=1S/C19H20ClNO3/c1-13-7-3-4-8-15(13)11-18(22)24-14(2)19(23)21-12-16-9-5-6-10-17(16)20/h3-10,14H,11-12H2,1-2H3,(H,21,23)/t14-/m0/s1. The van der Waals surface area contributed by atoms with Gasteiger partial charge < -0.3 is 10.1 Å². The predicted molar refractivity (Wildman–Crippen MR) is 93.7 cm³/mol. The van der Waals surface area contributed by atoms with Gasteiger partial charge in [0.15, 0.2) is 6.10 Å². The van der Waals surface area contributed by atoms with Gasteiger partial charge in [0.05, 0.1) is 6.42 Å². The first-order chi connectivity index (χ1) is 11.5. The Hall–Kier alpha value is -2.33. The molecule has 2 aromatic rings. The van der Waals surface area contributed by atoms with Crippen molar-refractivity contribution in [1.29, 1.82) is 0 Å². The molecule has 4 nitrogen and oxygen atoms in total. The zero-order valence-electron chi connectivity index (χ0n) is 13.7. The van der Waals surface area contributed by atoms with Crippen molar-refractivity contribution < 1.29 is 14.3 Å². The molecule has 0 aliphatic rings. The number of carbonyl (C=O) groups excluding carboxylic acids is 2. The third-order valence-electron chi connectivity index (χ3n) is 3.68. The summed E-state index contributed by atoms with van der Waals surface area (Å²) in [4.78, 5) is 24.0. The SMILES string of the molecule is Cc1ccccc1CC(=O)O[C@@H](C)C(=O)NCc1ccccc1Cl. The van der Waals surface area contributed by atoms with Crippen molar-refractivity contribution in [1.82, 2.24) is 5.32 Å². The van der Waals surface area contributed by atoms with Crippen molar-refractivity contribution in [3.63, 3.8) is 0 Å². The molecule has 0 fully saturated rings. The van der Waals surface area contributed by atoms with Crippen molar-refractivity contribution in [3.8, 4) is 0 Å². The molecule has 0 spiro atoms. The van der Waals surface area contributed by atoms with Crippen LogP contribution in [0.5, 0.6) is 0 Å². The highest BCUT2D eigenvalue weighted by Gasteiger charge is 2.18. The first kappa shape index (κ1) is 18.0. The molecule has 1 N–H and O–H groups in total. The van der Waals surface area contributed by atoms with E-state index in [4.69, 9.17) is 16.3 Å². The number of benzene rings is 2. The molecule has 1 amide bonds. The molecular formula is C19H20ClNO3. The Balaban J connectivity index is 1.84. The van der Waals surface area contributed by atoms with Gasteiger partial charge in [-0.15, -0.1) is 0 Å². The largest absolute Gasteiger partial charge is 0.452 e. The molecule has 0 radical (unpaired) electrons. The van der Waals surface area contributed by atoms with E-state index in [0.29, 0.717) is 5.02 Å². The minimum absolute atomic E-state index is 0.148. The van der Waals surface area contributed by atoms with Gasteiger partial charge in [-0.25, -0.2) is 0 Å². The molecule has 0 unspecified atom stereocenters. The van der Waals surface area contributed by atoms with Gasteiger partial charge >= 0.3 is 5.97 Å². The van der Waals surface area contributed by atoms with Crippen LogP contribution in [0, 0.1) is 6.92 Å². The van der Waals surface area contributed by atoms with Gasteiger partial charge in [0.1, 0.15) is 0 Å². The molecule has 0 aliphatic heterocycles. The average molecular weight is 346 g/mol. The van der Waals surface area contributed by atoms with E-state index in [1.54, 1.807) is 13.0 Å². The van der Waals surface area contributed by atoms with Crippen LogP contribution in [0.1, 0.15) is 23.6 Å². The molecule has 1 atom stereocenters. The van der Waals surface area contributed by atoms with Gasteiger partial charge in [-0.2, -0.15) is 0 Å². The molecule has 24 heavy (non-hydrogen) atoms. The number of nitrogens with one attached hydrogen (secondary N) is 1. The number of carbonyl (C=O) groups is 2. The Labute approximate surface area is 146 Å². The maximum Gasteiger partial charge on any atom is 0.311 e. The summed E-state index contributed by atoms with van der Waals surface area (Å²) in [5.74, 6) is -0.780. The summed E-state index contributed by atoms with van der Waals surface area (Å²) in [5.41, 5.74) is 2.72. The molecule has 2 rings (SSSR count). The lowest BCUT2D eigenvalue weighted by molar-refractivity contribution is -0.154. The Morgan fingerprint density at radius 3 is 2.38 bits per heavy atom. The number of rotatable bonds is 6. The van der Waals surface area contributed by atoms with Crippen LogP contribution >= 0.6 is 11.6 Å². The van der Waals surface area contributed by atoms with Gasteiger partial charge in [0, 0.05) is 11.6 Å². The summed E-state index contributed by atoms with van der Waals surface area (Å²) in [6, 6.07) is 14.8. The summed E-state index contributed by atoms with van der Waals surface area (Å²) in [5, 5.41) is 3.30. The highest BCUT2D eigenvalue weighted by atomic mass is 35.5. The van der Waals surface area contributed by atoms with Crippen LogP contribution < -0.4 is 5.32 Å². The molecule has 0 aromatic heterocycles. The van der Waals surface area contributed by atoms with E-state index >= 15 is 0 Å². The lowest BCUT2D eigenvalue weighted by atomic mass is 10.1. The maximum atomic E-state index is 12.1. The monoisotopic (exact) mass is 345 g/mol. The maximum absolute atomic E-state index is 12.1. The number of halogens is 1. The van der Waals surface area contributed by atoms with Crippen LogP contribution in [0.2, 0.25) is 5.02 Å². The van der Waals surface area contributed by atoms with Crippen molar-refractivity contribution in [2.24, 2.45) is 0 Å². The van der Waals surface area contributed by atoms with Crippen molar-refractivity contribution >= 4 is 23.5 Å². The normalized spacial score (nSPS) is 11.6. The van der Waals surface area contributed by atoms with Crippen molar-refractivity contribution in [2.45, 2.75) is 32.9 Å². The van der Waals surface area contributed by atoms with Gasteiger partial charge in [-0.1, -0.05) is 54.1 Å². The number of amides is 1. The van der Waals surface area contributed by atoms with Crippen molar-refractivity contribution in [2.75, 3.05) is 0 Å². The molecule has 126 valence electrons. The lowest BCUT2D eigenvalue weighted by Crippen LogP contribution is -2.35. The second-order valence-corrected chi connectivity index (χ2v) is 5.95. The van der Waals surface area contributed by atoms with E-state index in [2.05, 4.69) is 5.32 Å². The minimum atomic E-state index is -0.857. The Bertz CT molecular complexity index is 730. The van der Waals surface area contributed by atoms with Gasteiger partial charge in [-0.05, 0) is 36.6 Å². The van der Waals surface area contributed by atoms with Gasteiger partial charge in [0.25, 0.3) is 5.91 Å². The van der Waals surface area contributed by atoms with Crippen LogP contribution in [-0.4, -0.2) is 18.0 Å². The number of hydrogen-bond donors (Lipinski definition) is 1. The van der Waals surface area contributed by atoms with Crippen LogP contribution in [0.3, 0.4) is 0 Å². The number of ether oxygens (including phenoxy) is 1. The van der Waals surface area contributed by atoms with Crippen molar-refractivity contribution in [3.05, 3.63) is 70.2 Å². The first-order valence-electron chi connectivity index (χ1n) is 7.72. The van der Waals surface area contributed by atoms with Gasteiger partial charge in [0.2, 0.25) is 0 Å². The summed E-state index contributed by atoms with van der Waals surface area (Å²) < 4.78 is 5.21. The van der Waals surface area contributed by atoms with E-state index in [1.807, 2.05) is 49.4 Å². The quantitative estimate of drug-likeness (QED) is 0.816. The number of aryl methyl sites for hydroxylation is 1. The highest BCUT2D eigenvalue weighted by molar-refractivity contribution is 6.31. The fourth-order valence-electron chi connectivity index (χ4n) is 2.22. The minimum Gasteiger partial charge on any atom is -0.452 e. The fraction of sp³-hybridized carbons (Fsp3) is 0.263. The number of hydrogen-bond acceptors (Lipinski definition) is 3.